The Kier molecular flexibility index (Phi) is 3.47. The van der Waals surface area contributed by atoms with Crippen molar-refractivity contribution >= 4 is 15.9 Å². The van der Waals surface area contributed by atoms with Crippen LogP contribution in [0.2, 0.25) is 0 Å². The van der Waals surface area contributed by atoms with Crippen LogP contribution in [0.15, 0.2) is 16.6 Å². The van der Waals surface area contributed by atoms with Gasteiger partial charge in [-0.25, -0.2) is 4.39 Å². The van der Waals surface area contributed by atoms with Gasteiger partial charge in [0.15, 0.2) is 0 Å². The van der Waals surface area contributed by atoms with Crippen LogP contribution in [0.3, 0.4) is 0 Å². The zero-order valence-corrected chi connectivity index (χ0v) is 9.12. The number of aliphatic hydroxyl groups excluding tert-OH is 1. The first kappa shape index (κ1) is 11.4. The molecule has 2 atom stereocenters. The van der Waals surface area contributed by atoms with Gasteiger partial charge in [0.2, 0.25) is 0 Å². The number of phenolic OH excluding ortho intramolecular Hbond substituents is 1. The van der Waals surface area contributed by atoms with Crippen LogP contribution in [0.1, 0.15) is 18.6 Å². The molecule has 0 saturated carbocycles. The summed E-state index contributed by atoms with van der Waals surface area (Å²) >= 11 is 2.96. The Hall–Kier alpha value is -0.650. The standard InChI is InChI=1S/C9H11BrFNO2/c1-4(12)9(14)7-6(13)3-2-5(10)8(7)11/h2-4,9,13-14H,12H2,1H3. The Morgan fingerprint density at radius 3 is 2.57 bits per heavy atom. The van der Waals surface area contributed by atoms with Crippen molar-refractivity contribution in [2.24, 2.45) is 5.73 Å². The molecule has 0 radical (unpaired) electrons. The highest BCUT2D eigenvalue weighted by molar-refractivity contribution is 9.10. The minimum atomic E-state index is -1.22. The Morgan fingerprint density at radius 1 is 1.50 bits per heavy atom. The lowest BCUT2D eigenvalue weighted by Crippen LogP contribution is -2.25. The summed E-state index contributed by atoms with van der Waals surface area (Å²) in [5.41, 5.74) is 5.24. The van der Waals surface area contributed by atoms with Crippen LogP contribution in [0.25, 0.3) is 0 Å². The molecule has 1 rings (SSSR count). The third-order valence-electron chi connectivity index (χ3n) is 1.90. The highest BCUT2D eigenvalue weighted by Crippen LogP contribution is 2.32. The lowest BCUT2D eigenvalue weighted by molar-refractivity contribution is 0.145. The second-order valence-corrected chi connectivity index (χ2v) is 3.95. The minimum Gasteiger partial charge on any atom is -0.507 e. The van der Waals surface area contributed by atoms with E-state index in [-0.39, 0.29) is 15.8 Å². The molecule has 0 saturated heterocycles. The number of hydrogen-bond acceptors (Lipinski definition) is 3. The van der Waals surface area contributed by atoms with Gasteiger partial charge in [0, 0.05) is 6.04 Å². The fourth-order valence-electron chi connectivity index (χ4n) is 1.10. The average Bonchev–Trinajstić information content (AvgIpc) is 2.12. The van der Waals surface area contributed by atoms with E-state index in [0.717, 1.165) is 0 Å². The van der Waals surface area contributed by atoms with E-state index in [9.17, 15) is 14.6 Å². The van der Waals surface area contributed by atoms with Crippen molar-refractivity contribution in [3.05, 3.63) is 28.0 Å². The number of aliphatic hydroxyl groups is 1. The minimum absolute atomic E-state index is 0.172. The van der Waals surface area contributed by atoms with Crippen LogP contribution in [0.4, 0.5) is 4.39 Å². The molecule has 0 fully saturated rings. The van der Waals surface area contributed by atoms with Gasteiger partial charge in [0.25, 0.3) is 0 Å². The predicted octanol–water partition coefficient (Wildman–Crippen LogP) is 1.67. The molecule has 14 heavy (non-hydrogen) atoms. The molecule has 0 aliphatic heterocycles. The van der Waals surface area contributed by atoms with E-state index in [1.165, 1.54) is 19.1 Å². The molecule has 0 heterocycles. The molecule has 0 aliphatic rings. The largest absolute Gasteiger partial charge is 0.507 e. The Labute approximate surface area is 89.5 Å². The van der Waals surface area contributed by atoms with Crippen molar-refractivity contribution in [3.8, 4) is 5.75 Å². The van der Waals surface area contributed by atoms with Crippen molar-refractivity contribution in [2.45, 2.75) is 19.1 Å². The summed E-state index contributed by atoms with van der Waals surface area (Å²) in [5.74, 6) is -0.981. The lowest BCUT2D eigenvalue weighted by Gasteiger charge is -2.17. The first-order valence-electron chi connectivity index (χ1n) is 4.05. The highest BCUT2D eigenvalue weighted by Gasteiger charge is 2.22. The monoisotopic (exact) mass is 263 g/mol. The van der Waals surface area contributed by atoms with Crippen LogP contribution in [-0.4, -0.2) is 16.3 Å². The smallest absolute Gasteiger partial charge is 0.146 e. The highest BCUT2D eigenvalue weighted by atomic mass is 79.9. The van der Waals surface area contributed by atoms with Crippen LogP contribution in [0.5, 0.6) is 5.75 Å². The molecule has 0 aliphatic carbocycles. The first-order chi connectivity index (χ1) is 6.45. The summed E-state index contributed by atoms with van der Waals surface area (Å²) in [6.07, 6.45) is -1.22. The quantitative estimate of drug-likeness (QED) is 0.761. The number of aromatic hydroxyl groups is 1. The number of nitrogens with two attached hydrogens (primary N) is 1. The third-order valence-corrected chi connectivity index (χ3v) is 2.52. The normalized spacial score (nSPS) is 15.2. The van der Waals surface area contributed by atoms with E-state index in [2.05, 4.69) is 15.9 Å². The molecule has 2 unspecified atom stereocenters. The van der Waals surface area contributed by atoms with Gasteiger partial charge >= 0.3 is 0 Å². The summed E-state index contributed by atoms with van der Waals surface area (Å²) in [5, 5.41) is 18.9. The van der Waals surface area contributed by atoms with Gasteiger partial charge in [-0.15, -0.1) is 0 Å². The molecule has 4 N–H and O–H groups in total. The zero-order valence-electron chi connectivity index (χ0n) is 7.54. The van der Waals surface area contributed by atoms with Crippen LogP contribution >= 0.6 is 15.9 Å². The number of hydrogen-bond donors (Lipinski definition) is 3. The molecule has 1 aromatic rings. The number of benzene rings is 1. The third kappa shape index (κ3) is 2.05. The van der Waals surface area contributed by atoms with Crippen LogP contribution < -0.4 is 5.73 Å². The van der Waals surface area contributed by atoms with Crippen LogP contribution in [-0.2, 0) is 0 Å². The number of rotatable bonds is 2. The second-order valence-electron chi connectivity index (χ2n) is 3.10. The fourth-order valence-corrected chi connectivity index (χ4v) is 1.45. The molecule has 3 nitrogen and oxygen atoms in total. The molecular weight excluding hydrogens is 253 g/mol. The molecule has 78 valence electrons. The van der Waals surface area contributed by atoms with Crippen LogP contribution in [0, 0.1) is 5.82 Å². The maximum Gasteiger partial charge on any atom is 0.146 e. The van der Waals surface area contributed by atoms with E-state index < -0.39 is 18.0 Å². The fraction of sp³-hybridized carbons (Fsp3) is 0.333. The van der Waals surface area contributed by atoms with Gasteiger partial charge in [-0.3, -0.25) is 0 Å². The Balaban J connectivity index is 3.25. The molecule has 0 amide bonds. The number of phenols is 1. The van der Waals surface area contributed by atoms with Gasteiger partial charge in [-0.1, -0.05) is 0 Å². The Morgan fingerprint density at radius 2 is 2.07 bits per heavy atom. The summed E-state index contributed by atoms with van der Waals surface area (Å²) in [4.78, 5) is 0. The van der Waals surface area contributed by atoms with Crippen molar-refractivity contribution in [1.82, 2.24) is 0 Å². The van der Waals surface area contributed by atoms with E-state index in [0.29, 0.717) is 0 Å². The summed E-state index contributed by atoms with van der Waals surface area (Å²) in [6, 6.07) is 2.01. The predicted molar refractivity (Wildman–Crippen MR) is 54.4 cm³/mol. The van der Waals surface area contributed by atoms with Gasteiger partial charge < -0.3 is 15.9 Å². The van der Waals surface area contributed by atoms with Gasteiger partial charge in [-0.2, -0.15) is 0 Å². The SMILES string of the molecule is CC(N)C(O)c1c(O)ccc(Br)c1F. The molecular formula is C9H11BrFNO2. The molecule has 0 aromatic heterocycles. The molecule has 0 bridgehead atoms. The molecule has 1 aromatic carbocycles. The van der Waals surface area contributed by atoms with Gasteiger partial charge in [0.1, 0.15) is 17.7 Å². The average molecular weight is 264 g/mol. The van der Waals surface area contributed by atoms with E-state index >= 15 is 0 Å². The van der Waals surface area contributed by atoms with Crippen molar-refractivity contribution < 1.29 is 14.6 Å². The Bertz CT molecular complexity index is 344. The summed E-state index contributed by atoms with van der Waals surface area (Å²) < 4.78 is 13.6. The van der Waals surface area contributed by atoms with Crippen molar-refractivity contribution in [1.29, 1.82) is 0 Å². The van der Waals surface area contributed by atoms with E-state index in [4.69, 9.17) is 5.73 Å². The first-order valence-corrected chi connectivity index (χ1v) is 4.85. The van der Waals surface area contributed by atoms with Crippen molar-refractivity contribution in [2.75, 3.05) is 0 Å². The van der Waals surface area contributed by atoms with Gasteiger partial charge in [-0.05, 0) is 35.0 Å². The zero-order chi connectivity index (χ0) is 10.9. The summed E-state index contributed by atoms with van der Waals surface area (Å²) in [7, 11) is 0. The lowest BCUT2D eigenvalue weighted by atomic mass is 10.0. The second kappa shape index (κ2) is 4.25. The maximum absolute atomic E-state index is 13.5. The van der Waals surface area contributed by atoms with E-state index in [1.54, 1.807) is 0 Å². The number of halogens is 2. The topological polar surface area (TPSA) is 66.5 Å². The molecule has 0 spiro atoms. The van der Waals surface area contributed by atoms with Gasteiger partial charge in [0.05, 0.1) is 10.0 Å². The molecule has 5 heteroatoms. The van der Waals surface area contributed by atoms with Crippen molar-refractivity contribution in [3.63, 3.8) is 0 Å². The van der Waals surface area contributed by atoms with E-state index in [1.807, 2.05) is 0 Å². The maximum atomic E-state index is 13.5. The summed E-state index contributed by atoms with van der Waals surface area (Å²) in [6.45, 7) is 1.53.